The Bertz CT molecular complexity index is 111. The highest BCUT2D eigenvalue weighted by Crippen LogP contribution is 2.16. The Kier molecular flexibility index (Phi) is 2.87. The second-order valence-electron chi connectivity index (χ2n) is 3.38. The van der Waals surface area contributed by atoms with Gasteiger partial charge in [0.25, 0.3) is 0 Å². The normalized spacial score (nSPS) is 22.1. The van der Waals surface area contributed by atoms with Crippen LogP contribution >= 0.6 is 0 Å². The summed E-state index contributed by atoms with van der Waals surface area (Å²) in [6, 6.07) is 0. The van der Waals surface area contributed by atoms with Gasteiger partial charge in [-0.2, -0.15) is 0 Å². The summed E-state index contributed by atoms with van der Waals surface area (Å²) in [7, 11) is 0. The van der Waals surface area contributed by atoms with E-state index in [1.165, 1.54) is 0 Å². The summed E-state index contributed by atoms with van der Waals surface area (Å²) in [6.45, 7) is 4.81. The van der Waals surface area contributed by atoms with E-state index in [1.807, 2.05) is 0 Å². The van der Waals surface area contributed by atoms with E-state index in [1.54, 1.807) is 13.8 Å². The van der Waals surface area contributed by atoms with Crippen molar-refractivity contribution >= 4 is 0 Å². The molecule has 1 saturated heterocycles. The molecule has 0 atom stereocenters. The summed E-state index contributed by atoms with van der Waals surface area (Å²) in [5, 5.41) is 9.31. The van der Waals surface area contributed by atoms with Crippen molar-refractivity contribution in [1.29, 1.82) is 0 Å². The van der Waals surface area contributed by atoms with Crippen LogP contribution in [0.15, 0.2) is 0 Å². The van der Waals surface area contributed by atoms with Gasteiger partial charge in [0.1, 0.15) is 0 Å². The fraction of sp³-hybridized carbons (Fsp3) is 1.00. The Morgan fingerprint density at radius 1 is 1.36 bits per heavy atom. The topological polar surface area (TPSA) is 38.7 Å². The zero-order chi connectivity index (χ0) is 8.32. The highest BCUT2D eigenvalue weighted by molar-refractivity contribution is 4.65. The van der Waals surface area contributed by atoms with Gasteiger partial charge in [0.2, 0.25) is 0 Å². The molecule has 1 heterocycles. The van der Waals surface area contributed by atoms with E-state index in [0.717, 1.165) is 26.1 Å². The largest absolute Gasteiger partial charge is 0.381 e. The van der Waals surface area contributed by atoms with Crippen LogP contribution < -0.4 is 0 Å². The molecular formula is C8H16O3. The van der Waals surface area contributed by atoms with E-state index >= 15 is 0 Å². The molecule has 0 spiro atoms. The SMILES string of the molecule is CC(C)(O)OC1CCOCC1. The van der Waals surface area contributed by atoms with Crippen LogP contribution in [0.5, 0.6) is 0 Å². The van der Waals surface area contributed by atoms with E-state index in [2.05, 4.69) is 0 Å². The lowest BCUT2D eigenvalue weighted by atomic mass is 10.1. The van der Waals surface area contributed by atoms with Crippen molar-refractivity contribution < 1.29 is 14.6 Å². The molecule has 1 aliphatic heterocycles. The molecule has 66 valence electrons. The molecular weight excluding hydrogens is 144 g/mol. The zero-order valence-corrected chi connectivity index (χ0v) is 7.17. The number of hydrogen-bond donors (Lipinski definition) is 1. The maximum absolute atomic E-state index is 9.31. The maximum atomic E-state index is 9.31. The van der Waals surface area contributed by atoms with Gasteiger partial charge in [-0.15, -0.1) is 0 Å². The third-order valence-corrected chi connectivity index (χ3v) is 1.62. The standard InChI is InChI=1S/C8H16O3/c1-8(2,9)11-7-3-5-10-6-4-7/h7,9H,3-6H2,1-2H3. The third kappa shape index (κ3) is 3.70. The van der Waals surface area contributed by atoms with Crippen LogP contribution in [0.3, 0.4) is 0 Å². The molecule has 0 saturated carbocycles. The van der Waals surface area contributed by atoms with Crippen molar-refractivity contribution in [2.24, 2.45) is 0 Å². The monoisotopic (exact) mass is 160 g/mol. The molecule has 3 nitrogen and oxygen atoms in total. The van der Waals surface area contributed by atoms with Crippen LogP contribution in [0.1, 0.15) is 26.7 Å². The Balaban J connectivity index is 2.24. The third-order valence-electron chi connectivity index (χ3n) is 1.62. The van der Waals surface area contributed by atoms with Gasteiger partial charge in [-0.25, -0.2) is 0 Å². The maximum Gasteiger partial charge on any atom is 0.160 e. The fourth-order valence-corrected chi connectivity index (χ4v) is 1.20. The molecule has 0 amide bonds. The van der Waals surface area contributed by atoms with Gasteiger partial charge in [-0.1, -0.05) is 0 Å². The Labute approximate surface area is 67.3 Å². The van der Waals surface area contributed by atoms with Crippen LogP contribution in [0, 0.1) is 0 Å². The van der Waals surface area contributed by atoms with E-state index in [4.69, 9.17) is 9.47 Å². The molecule has 0 unspecified atom stereocenters. The van der Waals surface area contributed by atoms with Crippen LogP contribution in [0.25, 0.3) is 0 Å². The first-order chi connectivity index (χ1) is 5.08. The summed E-state index contributed by atoms with van der Waals surface area (Å²) in [5.74, 6) is -0.998. The van der Waals surface area contributed by atoms with Crippen molar-refractivity contribution in [2.75, 3.05) is 13.2 Å². The first-order valence-electron chi connectivity index (χ1n) is 4.06. The molecule has 11 heavy (non-hydrogen) atoms. The summed E-state index contributed by atoms with van der Waals surface area (Å²) in [5.41, 5.74) is 0. The van der Waals surface area contributed by atoms with Crippen molar-refractivity contribution in [3.8, 4) is 0 Å². The lowest BCUT2D eigenvalue weighted by Gasteiger charge is -2.28. The lowest BCUT2D eigenvalue weighted by molar-refractivity contribution is -0.218. The van der Waals surface area contributed by atoms with Crippen LogP contribution in [-0.2, 0) is 9.47 Å². The molecule has 1 aliphatic rings. The molecule has 1 N–H and O–H groups in total. The average molecular weight is 160 g/mol. The smallest absolute Gasteiger partial charge is 0.160 e. The Hall–Kier alpha value is -0.120. The van der Waals surface area contributed by atoms with Gasteiger partial charge in [-0.3, -0.25) is 0 Å². The summed E-state index contributed by atoms with van der Waals surface area (Å²) >= 11 is 0. The molecule has 1 rings (SSSR count). The van der Waals surface area contributed by atoms with Gasteiger partial charge >= 0.3 is 0 Å². The fourth-order valence-electron chi connectivity index (χ4n) is 1.20. The number of aliphatic hydroxyl groups is 1. The van der Waals surface area contributed by atoms with Crippen LogP contribution in [0.4, 0.5) is 0 Å². The van der Waals surface area contributed by atoms with Gasteiger partial charge < -0.3 is 14.6 Å². The van der Waals surface area contributed by atoms with Gasteiger partial charge in [-0.05, 0) is 26.7 Å². The zero-order valence-electron chi connectivity index (χ0n) is 7.17. The van der Waals surface area contributed by atoms with Crippen molar-refractivity contribution in [1.82, 2.24) is 0 Å². The molecule has 3 heteroatoms. The molecule has 1 fully saturated rings. The van der Waals surface area contributed by atoms with E-state index in [0.29, 0.717) is 0 Å². The highest BCUT2D eigenvalue weighted by atomic mass is 16.6. The quantitative estimate of drug-likeness (QED) is 0.610. The van der Waals surface area contributed by atoms with E-state index in [-0.39, 0.29) is 6.10 Å². The molecule has 0 aromatic carbocycles. The first kappa shape index (κ1) is 8.97. The molecule has 0 aliphatic carbocycles. The minimum Gasteiger partial charge on any atom is -0.381 e. The first-order valence-corrected chi connectivity index (χ1v) is 4.06. The second kappa shape index (κ2) is 3.52. The van der Waals surface area contributed by atoms with Gasteiger partial charge in [0, 0.05) is 13.2 Å². The Morgan fingerprint density at radius 3 is 2.36 bits per heavy atom. The second-order valence-corrected chi connectivity index (χ2v) is 3.38. The minimum atomic E-state index is -0.998. The number of ether oxygens (including phenoxy) is 2. The van der Waals surface area contributed by atoms with Gasteiger partial charge in [0.15, 0.2) is 5.79 Å². The van der Waals surface area contributed by atoms with Crippen molar-refractivity contribution in [3.05, 3.63) is 0 Å². The van der Waals surface area contributed by atoms with Crippen molar-refractivity contribution in [3.63, 3.8) is 0 Å². The predicted octanol–water partition coefficient (Wildman–Crippen LogP) is 0.910. The molecule has 0 aromatic rings. The minimum absolute atomic E-state index is 0.170. The number of hydrogen-bond acceptors (Lipinski definition) is 3. The lowest BCUT2D eigenvalue weighted by Crippen LogP contribution is -2.33. The van der Waals surface area contributed by atoms with Gasteiger partial charge in [0.05, 0.1) is 6.10 Å². The number of rotatable bonds is 2. The van der Waals surface area contributed by atoms with E-state index in [9.17, 15) is 5.11 Å². The summed E-state index contributed by atoms with van der Waals surface area (Å²) in [6.07, 6.45) is 1.96. The van der Waals surface area contributed by atoms with Crippen LogP contribution in [0.2, 0.25) is 0 Å². The van der Waals surface area contributed by atoms with E-state index < -0.39 is 5.79 Å². The predicted molar refractivity (Wildman–Crippen MR) is 41.2 cm³/mol. The highest BCUT2D eigenvalue weighted by Gasteiger charge is 2.22. The summed E-state index contributed by atoms with van der Waals surface area (Å²) < 4.78 is 10.5. The molecule has 0 bridgehead atoms. The average Bonchev–Trinajstić information content (AvgIpc) is 1.85. The Morgan fingerprint density at radius 2 is 1.91 bits per heavy atom. The van der Waals surface area contributed by atoms with Crippen LogP contribution in [-0.4, -0.2) is 30.2 Å². The molecule has 0 aromatic heterocycles. The summed E-state index contributed by atoms with van der Waals surface area (Å²) in [4.78, 5) is 0. The molecule has 0 radical (unpaired) electrons. The van der Waals surface area contributed by atoms with Crippen molar-refractivity contribution in [2.45, 2.75) is 38.6 Å².